The molecule has 17 heavy (non-hydrogen) atoms. The van der Waals surface area contributed by atoms with Crippen LogP contribution in [0.5, 0.6) is 0 Å². The lowest BCUT2D eigenvalue weighted by Gasteiger charge is -2.30. The molecule has 0 bridgehead atoms. The first-order chi connectivity index (χ1) is 8.29. The van der Waals surface area contributed by atoms with Crippen LogP contribution < -0.4 is 5.32 Å². The number of aliphatic hydroxyl groups excluding tert-OH is 1. The summed E-state index contributed by atoms with van der Waals surface area (Å²) in [5.41, 5.74) is 1.07. The molecule has 1 aromatic heterocycles. The van der Waals surface area contributed by atoms with E-state index in [0.717, 1.165) is 18.5 Å². The SMILES string of the molecule is Cc1cnc(NCC2CCCCC2CO)nc1. The van der Waals surface area contributed by atoms with Crippen LogP contribution in [0.4, 0.5) is 5.95 Å². The molecule has 0 aromatic carbocycles. The van der Waals surface area contributed by atoms with Crippen LogP contribution >= 0.6 is 0 Å². The van der Waals surface area contributed by atoms with Crippen molar-refractivity contribution in [3.05, 3.63) is 18.0 Å². The maximum atomic E-state index is 9.34. The molecule has 1 aliphatic carbocycles. The second-order valence-electron chi connectivity index (χ2n) is 4.95. The van der Waals surface area contributed by atoms with Gasteiger partial charge >= 0.3 is 0 Å². The Bertz CT molecular complexity index is 339. The highest BCUT2D eigenvalue weighted by atomic mass is 16.3. The van der Waals surface area contributed by atoms with Crippen molar-refractivity contribution in [2.45, 2.75) is 32.6 Å². The zero-order chi connectivity index (χ0) is 12.1. The monoisotopic (exact) mass is 235 g/mol. The van der Waals surface area contributed by atoms with Crippen molar-refractivity contribution < 1.29 is 5.11 Å². The molecule has 0 aliphatic heterocycles. The first-order valence-electron chi connectivity index (χ1n) is 6.43. The predicted molar refractivity (Wildman–Crippen MR) is 67.8 cm³/mol. The van der Waals surface area contributed by atoms with Gasteiger partial charge in [0.1, 0.15) is 0 Å². The zero-order valence-corrected chi connectivity index (χ0v) is 10.4. The van der Waals surface area contributed by atoms with E-state index in [9.17, 15) is 5.11 Å². The molecule has 1 saturated carbocycles. The van der Waals surface area contributed by atoms with Crippen LogP contribution in [0.25, 0.3) is 0 Å². The normalized spacial score (nSPS) is 24.6. The van der Waals surface area contributed by atoms with Crippen molar-refractivity contribution in [3.63, 3.8) is 0 Å². The Labute approximate surface area is 102 Å². The first kappa shape index (κ1) is 12.3. The number of nitrogens with zero attached hydrogens (tertiary/aromatic N) is 2. The van der Waals surface area contributed by atoms with Crippen LogP contribution in [0.2, 0.25) is 0 Å². The quantitative estimate of drug-likeness (QED) is 0.838. The van der Waals surface area contributed by atoms with E-state index in [1.54, 1.807) is 0 Å². The highest BCUT2D eigenvalue weighted by molar-refractivity contribution is 5.24. The van der Waals surface area contributed by atoms with Gasteiger partial charge in [0.2, 0.25) is 5.95 Å². The van der Waals surface area contributed by atoms with Crippen LogP contribution in [0.15, 0.2) is 12.4 Å². The predicted octanol–water partition coefficient (Wildman–Crippen LogP) is 2.00. The van der Waals surface area contributed by atoms with Gasteiger partial charge in [-0.15, -0.1) is 0 Å². The summed E-state index contributed by atoms with van der Waals surface area (Å²) in [6.45, 7) is 3.15. The molecule has 1 fully saturated rings. The summed E-state index contributed by atoms with van der Waals surface area (Å²) in [6, 6.07) is 0. The van der Waals surface area contributed by atoms with Gasteiger partial charge in [0, 0.05) is 25.5 Å². The number of hydrogen-bond donors (Lipinski definition) is 2. The molecule has 4 nitrogen and oxygen atoms in total. The van der Waals surface area contributed by atoms with Crippen molar-refractivity contribution in [2.24, 2.45) is 11.8 Å². The van der Waals surface area contributed by atoms with E-state index in [4.69, 9.17) is 0 Å². The highest BCUT2D eigenvalue weighted by Crippen LogP contribution is 2.29. The molecule has 1 aromatic rings. The molecule has 0 amide bonds. The largest absolute Gasteiger partial charge is 0.396 e. The Balaban J connectivity index is 1.86. The van der Waals surface area contributed by atoms with E-state index >= 15 is 0 Å². The fourth-order valence-electron chi connectivity index (χ4n) is 2.50. The molecular weight excluding hydrogens is 214 g/mol. The summed E-state index contributed by atoms with van der Waals surface area (Å²) in [7, 11) is 0. The number of anilines is 1. The molecule has 0 radical (unpaired) electrons. The molecule has 94 valence electrons. The fraction of sp³-hybridized carbons (Fsp3) is 0.692. The van der Waals surface area contributed by atoms with Crippen LogP contribution in [-0.4, -0.2) is 28.2 Å². The summed E-state index contributed by atoms with van der Waals surface area (Å²) in [5.74, 6) is 1.69. The standard InChI is InChI=1S/C13H21N3O/c1-10-6-14-13(15-7-10)16-8-11-4-2-3-5-12(11)9-17/h6-7,11-12,17H,2-5,8-9H2,1H3,(H,14,15,16). The number of nitrogens with one attached hydrogen (secondary N) is 1. The lowest BCUT2D eigenvalue weighted by Crippen LogP contribution is -2.29. The number of rotatable bonds is 4. The van der Waals surface area contributed by atoms with Crippen molar-refractivity contribution in [2.75, 3.05) is 18.5 Å². The second kappa shape index (κ2) is 5.96. The van der Waals surface area contributed by atoms with Crippen LogP contribution in [0.3, 0.4) is 0 Å². The summed E-state index contributed by atoms with van der Waals surface area (Å²) in [5, 5.41) is 12.6. The minimum atomic E-state index is 0.307. The van der Waals surface area contributed by atoms with Gasteiger partial charge in [0.15, 0.2) is 0 Å². The molecule has 1 aliphatic rings. The Morgan fingerprint density at radius 2 is 1.88 bits per heavy atom. The van der Waals surface area contributed by atoms with E-state index in [-0.39, 0.29) is 0 Å². The smallest absolute Gasteiger partial charge is 0.222 e. The Kier molecular flexibility index (Phi) is 4.31. The lowest BCUT2D eigenvalue weighted by molar-refractivity contribution is 0.141. The van der Waals surface area contributed by atoms with Crippen LogP contribution in [-0.2, 0) is 0 Å². The number of hydrogen-bond acceptors (Lipinski definition) is 4. The topological polar surface area (TPSA) is 58.0 Å². The van der Waals surface area contributed by atoms with Crippen molar-refractivity contribution >= 4 is 5.95 Å². The number of aryl methyl sites for hydroxylation is 1. The van der Waals surface area contributed by atoms with Gasteiger partial charge in [-0.1, -0.05) is 12.8 Å². The van der Waals surface area contributed by atoms with Crippen LogP contribution in [0, 0.1) is 18.8 Å². The summed E-state index contributed by atoms with van der Waals surface area (Å²) in [4.78, 5) is 8.46. The molecule has 2 atom stereocenters. The van der Waals surface area contributed by atoms with Crippen LogP contribution in [0.1, 0.15) is 31.2 Å². The molecule has 0 spiro atoms. The van der Waals surface area contributed by atoms with Crippen molar-refractivity contribution in [3.8, 4) is 0 Å². The van der Waals surface area contributed by atoms with Crippen molar-refractivity contribution in [1.29, 1.82) is 0 Å². The summed E-state index contributed by atoms with van der Waals surface area (Å²) >= 11 is 0. The molecular formula is C13H21N3O. The zero-order valence-electron chi connectivity index (χ0n) is 10.4. The Morgan fingerprint density at radius 1 is 1.24 bits per heavy atom. The van der Waals surface area contributed by atoms with Gasteiger partial charge < -0.3 is 10.4 Å². The third kappa shape index (κ3) is 3.40. The van der Waals surface area contributed by atoms with E-state index in [1.165, 1.54) is 19.3 Å². The minimum absolute atomic E-state index is 0.307. The number of aromatic nitrogens is 2. The first-order valence-corrected chi connectivity index (χ1v) is 6.43. The van der Waals surface area contributed by atoms with Gasteiger partial charge in [0.25, 0.3) is 0 Å². The molecule has 2 unspecified atom stereocenters. The van der Waals surface area contributed by atoms with Gasteiger partial charge in [-0.3, -0.25) is 0 Å². The third-order valence-corrected chi connectivity index (χ3v) is 3.60. The summed E-state index contributed by atoms with van der Waals surface area (Å²) < 4.78 is 0. The number of aliphatic hydroxyl groups is 1. The van der Waals surface area contributed by atoms with E-state index in [1.807, 2.05) is 19.3 Å². The average molecular weight is 235 g/mol. The highest BCUT2D eigenvalue weighted by Gasteiger charge is 2.24. The van der Waals surface area contributed by atoms with E-state index in [2.05, 4.69) is 15.3 Å². The molecule has 1 heterocycles. The third-order valence-electron chi connectivity index (χ3n) is 3.60. The Hall–Kier alpha value is -1.16. The van der Waals surface area contributed by atoms with Gasteiger partial charge in [-0.05, 0) is 37.2 Å². The van der Waals surface area contributed by atoms with Crippen molar-refractivity contribution in [1.82, 2.24) is 9.97 Å². The maximum absolute atomic E-state index is 9.34. The minimum Gasteiger partial charge on any atom is -0.396 e. The lowest BCUT2D eigenvalue weighted by atomic mass is 9.80. The Morgan fingerprint density at radius 3 is 2.53 bits per heavy atom. The second-order valence-corrected chi connectivity index (χ2v) is 4.95. The molecule has 4 heteroatoms. The van der Waals surface area contributed by atoms with Gasteiger partial charge in [-0.2, -0.15) is 0 Å². The van der Waals surface area contributed by atoms with E-state index in [0.29, 0.717) is 24.4 Å². The fourth-order valence-corrected chi connectivity index (χ4v) is 2.50. The average Bonchev–Trinajstić information content (AvgIpc) is 2.38. The molecule has 0 saturated heterocycles. The summed E-state index contributed by atoms with van der Waals surface area (Å²) in [6.07, 6.45) is 8.52. The molecule has 2 rings (SSSR count). The maximum Gasteiger partial charge on any atom is 0.222 e. The molecule has 2 N–H and O–H groups in total. The van der Waals surface area contributed by atoms with Gasteiger partial charge in [-0.25, -0.2) is 9.97 Å². The van der Waals surface area contributed by atoms with Gasteiger partial charge in [0.05, 0.1) is 0 Å². The van der Waals surface area contributed by atoms with E-state index < -0.39 is 0 Å².